The molecular weight excluding hydrogens is 388 g/mol. The van der Waals surface area contributed by atoms with Crippen LogP contribution in [0, 0.1) is 33.5 Å². The van der Waals surface area contributed by atoms with E-state index in [4.69, 9.17) is 4.74 Å². The number of fused-ring (bicyclic) bond motifs is 2. The SMILES string of the molecule is C[C@@]12CC[C@]3(C1)[C@@H](C[C@@H](OC(=O)c1ccccc1)[C@H]1[C@](C)(CO)CCC[C@@]13C)C[C@@H]2O. The van der Waals surface area contributed by atoms with Crippen LogP contribution in [0.3, 0.4) is 0 Å². The highest BCUT2D eigenvalue weighted by atomic mass is 16.5. The van der Waals surface area contributed by atoms with E-state index in [0.717, 1.165) is 51.4 Å². The van der Waals surface area contributed by atoms with Gasteiger partial charge in [-0.05, 0) is 84.7 Å². The van der Waals surface area contributed by atoms with Crippen LogP contribution in [0.15, 0.2) is 30.3 Å². The number of benzene rings is 1. The van der Waals surface area contributed by atoms with E-state index in [-0.39, 0.29) is 52.4 Å². The van der Waals surface area contributed by atoms with Gasteiger partial charge in [0.1, 0.15) is 6.10 Å². The standard InChI is InChI=1S/C27H38O4/c1-24-12-13-27(16-24)19(15-21(24)29)14-20(31-23(30)18-8-5-4-6-9-18)22-25(2,17-28)10-7-11-26(22,27)3/h4-6,8-9,19-22,28-29H,7,10-17H2,1-3H3/t19-,20+,21-,22-,24+,25-,26-,27-/m0/s1. The van der Waals surface area contributed by atoms with Crippen LogP contribution < -0.4 is 0 Å². The van der Waals surface area contributed by atoms with E-state index < -0.39 is 0 Å². The normalized spacial score (nSPS) is 48.5. The molecule has 31 heavy (non-hydrogen) atoms. The summed E-state index contributed by atoms with van der Waals surface area (Å²) < 4.78 is 6.29. The summed E-state index contributed by atoms with van der Waals surface area (Å²) in [4.78, 5) is 13.1. The third-order valence-corrected chi connectivity index (χ3v) is 10.5. The highest BCUT2D eigenvalue weighted by Gasteiger charge is 2.72. The molecule has 2 N–H and O–H groups in total. The molecule has 4 nitrogen and oxygen atoms in total. The summed E-state index contributed by atoms with van der Waals surface area (Å²) in [7, 11) is 0. The van der Waals surface area contributed by atoms with E-state index in [1.807, 2.05) is 30.3 Å². The minimum absolute atomic E-state index is 0.00464. The lowest BCUT2D eigenvalue weighted by atomic mass is 9.37. The molecule has 0 radical (unpaired) electrons. The molecule has 170 valence electrons. The van der Waals surface area contributed by atoms with E-state index in [9.17, 15) is 15.0 Å². The molecule has 1 aromatic rings. The maximum atomic E-state index is 13.1. The molecule has 4 aliphatic carbocycles. The lowest BCUT2D eigenvalue weighted by Crippen LogP contribution is -2.65. The first kappa shape index (κ1) is 21.5. The number of esters is 1. The minimum atomic E-state index is -0.272. The lowest BCUT2D eigenvalue weighted by molar-refractivity contribution is -0.235. The van der Waals surface area contributed by atoms with Crippen LogP contribution in [-0.4, -0.2) is 35.0 Å². The molecule has 0 amide bonds. The highest BCUT2D eigenvalue weighted by molar-refractivity contribution is 5.89. The minimum Gasteiger partial charge on any atom is -0.458 e. The Morgan fingerprint density at radius 2 is 1.81 bits per heavy atom. The topological polar surface area (TPSA) is 66.8 Å². The predicted molar refractivity (Wildman–Crippen MR) is 119 cm³/mol. The van der Waals surface area contributed by atoms with Crippen molar-refractivity contribution in [3.63, 3.8) is 0 Å². The monoisotopic (exact) mass is 426 g/mol. The van der Waals surface area contributed by atoms with Gasteiger partial charge in [-0.2, -0.15) is 0 Å². The first-order valence-corrected chi connectivity index (χ1v) is 12.2. The molecule has 1 aromatic carbocycles. The van der Waals surface area contributed by atoms with Crippen molar-refractivity contribution < 1.29 is 19.7 Å². The van der Waals surface area contributed by atoms with Crippen molar-refractivity contribution in [1.82, 2.24) is 0 Å². The van der Waals surface area contributed by atoms with Gasteiger partial charge in [0.2, 0.25) is 0 Å². The zero-order chi connectivity index (χ0) is 22.1. The fourth-order valence-electron chi connectivity index (χ4n) is 8.94. The molecule has 0 aromatic heterocycles. The van der Waals surface area contributed by atoms with Crippen molar-refractivity contribution in [2.24, 2.45) is 33.5 Å². The fraction of sp³-hybridized carbons (Fsp3) is 0.741. The van der Waals surface area contributed by atoms with Crippen molar-refractivity contribution in [3.05, 3.63) is 35.9 Å². The predicted octanol–water partition coefficient (Wildman–Crippen LogP) is 4.98. The largest absolute Gasteiger partial charge is 0.458 e. The van der Waals surface area contributed by atoms with Gasteiger partial charge in [-0.1, -0.05) is 45.4 Å². The first-order valence-electron chi connectivity index (χ1n) is 12.2. The van der Waals surface area contributed by atoms with Crippen LogP contribution in [0.2, 0.25) is 0 Å². The quantitative estimate of drug-likeness (QED) is 0.669. The molecular formula is C27H38O4. The van der Waals surface area contributed by atoms with Crippen LogP contribution >= 0.6 is 0 Å². The van der Waals surface area contributed by atoms with Crippen LogP contribution in [0.25, 0.3) is 0 Å². The van der Waals surface area contributed by atoms with Gasteiger partial charge < -0.3 is 14.9 Å². The van der Waals surface area contributed by atoms with Gasteiger partial charge in [0.25, 0.3) is 0 Å². The zero-order valence-electron chi connectivity index (χ0n) is 19.3. The molecule has 0 saturated heterocycles. The smallest absolute Gasteiger partial charge is 0.338 e. The van der Waals surface area contributed by atoms with Gasteiger partial charge in [0, 0.05) is 12.5 Å². The third kappa shape index (κ3) is 2.90. The summed E-state index contributed by atoms with van der Waals surface area (Å²) in [6, 6.07) is 9.26. The van der Waals surface area contributed by atoms with Crippen LogP contribution in [0.5, 0.6) is 0 Å². The van der Waals surface area contributed by atoms with Crippen molar-refractivity contribution in [3.8, 4) is 0 Å². The molecule has 8 atom stereocenters. The van der Waals surface area contributed by atoms with Crippen molar-refractivity contribution in [2.45, 2.75) is 84.3 Å². The maximum Gasteiger partial charge on any atom is 0.338 e. The molecule has 4 aliphatic rings. The van der Waals surface area contributed by atoms with Crippen molar-refractivity contribution >= 4 is 5.97 Å². The summed E-state index contributed by atoms with van der Waals surface area (Å²) in [6.45, 7) is 7.05. The number of carbonyl (C=O) groups excluding carboxylic acids is 1. The number of carbonyl (C=O) groups is 1. The summed E-state index contributed by atoms with van der Waals surface area (Å²) in [5, 5.41) is 21.6. The Morgan fingerprint density at radius 1 is 1.06 bits per heavy atom. The Balaban J connectivity index is 1.56. The number of rotatable bonds is 3. The van der Waals surface area contributed by atoms with E-state index >= 15 is 0 Å². The Bertz CT molecular complexity index is 854. The fourth-order valence-corrected chi connectivity index (χ4v) is 8.94. The second kappa shape index (κ2) is 7.05. The summed E-state index contributed by atoms with van der Waals surface area (Å²) in [5.74, 6) is 0.247. The first-order chi connectivity index (χ1) is 14.7. The molecule has 1 spiro atoms. The molecule has 0 aliphatic heterocycles. The number of hydrogen-bond donors (Lipinski definition) is 2. The second-order valence-corrected chi connectivity index (χ2v) is 12.0. The van der Waals surface area contributed by atoms with E-state index in [0.29, 0.717) is 11.5 Å². The van der Waals surface area contributed by atoms with Crippen molar-refractivity contribution in [2.75, 3.05) is 6.61 Å². The molecule has 4 saturated carbocycles. The van der Waals surface area contributed by atoms with Crippen LogP contribution in [-0.2, 0) is 4.74 Å². The number of ether oxygens (including phenoxy) is 1. The van der Waals surface area contributed by atoms with E-state index in [1.165, 1.54) is 0 Å². The Labute approximate surface area is 186 Å². The van der Waals surface area contributed by atoms with Gasteiger partial charge in [-0.25, -0.2) is 4.79 Å². The molecule has 0 heterocycles. The Kier molecular flexibility index (Phi) is 4.88. The van der Waals surface area contributed by atoms with E-state index in [2.05, 4.69) is 20.8 Å². The van der Waals surface area contributed by atoms with Gasteiger partial charge in [-0.15, -0.1) is 0 Å². The molecule has 5 rings (SSSR count). The summed E-state index contributed by atoms with van der Waals surface area (Å²) in [6.07, 6.45) is 7.64. The highest BCUT2D eigenvalue weighted by Crippen LogP contribution is 2.76. The maximum absolute atomic E-state index is 13.1. The average Bonchev–Trinajstić information content (AvgIpc) is 3.08. The number of hydrogen-bond acceptors (Lipinski definition) is 4. The Hall–Kier alpha value is -1.39. The molecule has 4 fully saturated rings. The second-order valence-electron chi connectivity index (χ2n) is 12.0. The van der Waals surface area contributed by atoms with E-state index in [1.54, 1.807) is 0 Å². The van der Waals surface area contributed by atoms with Crippen molar-refractivity contribution in [1.29, 1.82) is 0 Å². The summed E-state index contributed by atoms with van der Waals surface area (Å²) >= 11 is 0. The molecule has 2 bridgehead atoms. The molecule has 4 heteroatoms. The zero-order valence-corrected chi connectivity index (χ0v) is 19.3. The third-order valence-electron chi connectivity index (χ3n) is 10.5. The van der Waals surface area contributed by atoms with Crippen LogP contribution in [0.1, 0.15) is 82.5 Å². The number of aliphatic hydroxyl groups is 2. The van der Waals surface area contributed by atoms with Crippen LogP contribution in [0.4, 0.5) is 0 Å². The van der Waals surface area contributed by atoms with Gasteiger partial charge in [0.05, 0.1) is 11.7 Å². The number of aliphatic hydroxyl groups excluding tert-OH is 2. The Morgan fingerprint density at radius 3 is 2.52 bits per heavy atom. The van der Waals surface area contributed by atoms with Gasteiger partial charge >= 0.3 is 5.97 Å². The molecule has 0 unspecified atom stereocenters. The average molecular weight is 427 g/mol. The lowest BCUT2D eigenvalue weighted by Gasteiger charge is -2.68. The summed E-state index contributed by atoms with van der Waals surface area (Å²) in [5.41, 5.74) is 0.528. The van der Waals surface area contributed by atoms with Gasteiger partial charge in [0.15, 0.2) is 0 Å². The van der Waals surface area contributed by atoms with Gasteiger partial charge in [-0.3, -0.25) is 0 Å².